The fraction of sp³-hybridized carbons (Fsp3) is 0.387. The van der Waals surface area contributed by atoms with Crippen molar-refractivity contribution in [2.24, 2.45) is 5.92 Å². The first kappa shape index (κ1) is 30.7. The number of carbonyl (C=O) groups is 1. The first-order chi connectivity index (χ1) is 20.4. The number of nitrogens with zero attached hydrogens (tertiary/aromatic N) is 3. The molecule has 1 atom stereocenters. The molecule has 12 heteroatoms. The molecule has 2 aromatic carbocycles. The molecule has 1 unspecified atom stereocenters. The van der Waals surface area contributed by atoms with E-state index >= 15 is 8.78 Å². The summed E-state index contributed by atoms with van der Waals surface area (Å²) in [5.41, 5.74) is -1.33. The zero-order valence-corrected chi connectivity index (χ0v) is 24.6. The van der Waals surface area contributed by atoms with Crippen molar-refractivity contribution < 1.29 is 32.2 Å². The molecular formula is C31H31ClF4N4O3. The molecule has 1 aliphatic rings. The number of methoxy groups -OCH3 is 1. The lowest BCUT2D eigenvalue weighted by molar-refractivity contribution is 0.0742. The van der Waals surface area contributed by atoms with E-state index in [0.717, 1.165) is 25.0 Å². The lowest BCUT2D eigenvalue weighted by atomic mass is 9.90. The Hall–Kier alpha value is -3.70. The number of amides is 1. The second-order valence-electron chi connectivity index (χ2n) is 11.2. The Balaban J connectivity index is 1.48. The molecule has 2 heterocycles. The van der Waals surface area contributed by atoms with E-state index in [0.29, 0.717) is 40.9 Å². The van der Waals surface area contributed by atoms with Gasteiger partial charge in [-0.3, -0.25) is 13.9 Å². The van der Waals surface area contributed by atoms with Crippen molar-refractivity contribution in [1.29, 1.82) is 0 Å². The molecule has 0 saturated heterocycles. The predicted octanol–water partition coefficient (Wildman–Crippen LogP) is 6.69. The second-order valence-corrected chi connectivity index (χ2v) is 11.6. The first-order valence-electron chi connectivity index (χ1n) is 13.9. The van der Waals surface area contributed by atoms with E-state index in [1.807, 2.05) is 0 Å². The molecule has 7 nitrogen and oxygen atoms in total. The molecule has 1 aliphatic carbocycles. The molecule has 43 heavy (non-hydrogen) atoms. The van der Waals surface area contributed by atoms with Gasteiger partial charge in [-0.25, -0.2) is 18.2 Å². The van der Waals surface area contributed by atoms with E-state index in [2.05, 4.69) is 15.4 Å². The number of nitrogens with one attached hydrogen (secondary N) is 1. The number of hydrogen-bond acceptors (Lipinski definition) is 5. The molecule has 2 aromatic heterocycles. The minimum Gasteiger partial charge on any atom is -0.494 e. The van der Waals surface area contributed by atoms with Crippen LogP contribution in [0.25, 0.3) is 22.2 Å². The quantitative estimate of drug-likeness (QED) is 0.144. The third kappa shape index (κ3) is 6.33. The minimum absolute atomic E-state index is 0.105. The van der Waals surface area contributed by atoms with E-state index in [1.165, 1.54) is 27.0 Å². The maximum absolute atomic E-state index is 15.7. The van der Waals surface area contributed by atoms with E-state index in [-0.39, 0.29) is 23.6 Å². The molecule has 0 aliphatic heterocycles. The average Bonchev–Trinajstić information content (AvgIpc) is 3.72. The second kappa shape index (κ2) is 12.1. The maximum Gasteiger partial charge on any atom is 0.251 e. The molecule has 1 fully saturated rings. The van der Waals surface area contributed by atoms with Crippen LogP contribution in [0, 0.1) is 23.4 Å². The number of aliphatic hydroxyl groups is 1. The lowest BCUT2D eigenvalue weighted by Crippen LogP contribution is -2.30. The summed E-state index contributed by atoms with van der Waals surface area (Å²) in [6.07, 6.45) is 3.70. The molecular weight excluding hydrogens is 588 g/mol. The van der Waals surface area contributed by atoms with Gasteiger partial charge in [0.15, 0.2) is 11.6 Å². The Morgan fingerprint density at radius 1 is 1.21 bits per heavy atom. The predicted molar refractivity (Wildman–Crippen MR) is 154 cm³/mol. The monoisotopic (exact) mass is 618 g/mol. The highest BCUT2D eigenvalue weighted by molar-refractivity contribution is 6.31. The summed E-state index contributed by atoms with van der Waals surface area (Å²) >= 11 is 5.78. The van der Waals surface area contributed by atoms with E-state index in [4.69, 9.17) is 16.3 Å². The Labute approximate surface area is 250 Å². The number of aromatic nitrogens is 3. The average molecular weight is 619 g/mol. The van der Waals surface area contributed by atoms with E-state index in [1.54, 1.807) is 23.0 Å². The largest absolute Gasteiger partial charge is 0.494 e. The number of hydrogen-bond donors (Lipinski definition) is 2. The standard InChI is InChI=1S/C31H31ClF4N4O3/c1-31(2,42)21-13-23(38-29(27(21)36)19-7-8-22(34)25(32)26(19)35)20(16-5-6-16)14-37-30(41)17-11-18-15-40(10-4-9-33)39-28(18)24(12-17)43-3/h7-8,11-13,15-16,20,42H,4-6,9-10,14H2,1-3H3,(H,37,41). The Bertz CT molecular complexity index is 1680. The molecule has 0 bridgehead atoms. The van der Waals surface area contributed by atoms with Crippen molar-refractivity contribution in [3.05, 3.63) is 75.8 Å². The third-order valence-electron chi connectivity index (χ3n) is 7.60. The Morgan fingerprint density at radius 2 is 1.95 bits per heavy atom. The number of benzene rings is 2. The summed E-state index contributed by atoms with van der Waals surface area (Å²) in [7, 11) is 1.47. The van der Waals surface area contributed by atoms with Crippen LogP contribution in [0.15, 0.2) is 36.5 Å². The number of fused-ring (bicyclic) bond motifs is 1. The van der Waals surface area contributed by atoms with Crippen LogP contribution in [0.5, 0.6) is 5.75 Å². The van der Waals surface area contributed by atoms with Gasteiger partial charge < -0.3 is 15.2 Å². The van der Waals surface area contributed by atoms with Crippen LogP contribution in [-0.2, 0) is 12.1 Å². The fourth-order valence-electron chi connectivity index (χ4n) is 5.16. The van der Waals surface area contributed by atoms with Gasteiger partial charge in [-0.05, 0) is 69.4 Å². The van der Waals surface area contributed by atoms with Crippen molar-refractivity contribution in [3.8, 4) is 17.0 Å². The van der Waals surface area contributed by atoms with Gasteiger partial charge in [-0.15, -0.1) is 0 Å². The number of rotatable bonds is 11. The Kier molecular flexibility index (Phi) is 8.67. The van der Waals surface area contributed by atoms with Crippen LogP contribution in [0.1, 0.15) is 60.6 Å². The van der Waals surface area contributed by atoms with Crippen molar-refractivity contribution >= 4 is 28.4 Å². The minimum atomic E-state index is -1.66. The summed E-state index contributed by atoms with van der Waals surface area (Å²) in [6, 6.07) is 6.64. The first-order valence-corrected chi connectivity index (χ1v) is 14.3. The van der Waals surface area contributed by atoms with Gasteiger partial charge in [0, 0.05) is 53.0 Å². The topological polar surface area (TPSA) is 89.3 Å². The fourth-order valence-corrected chi connectivity index (χ4v) is 5.33. The summed E-state index contributed by atoms with van der Waals surface area (Å²) in [5.74, 6) is -3.42. The normalized spacial score (nSPS) is 14.3. The summed E-state index contributed by atoms with van der Waals surface area (Å²) in [5, 5.41) is 18.0. The molecule has 4 aromatic rings. The van der Waals surface area contributed by atoms with Crippen LogP contribution >= 0.6 is 11.6 Å². The highest BCUT2D eigenvalue weighted by Gasteiger charge is 2.36. The van der Waals surface area contributed by atoms with Gasteiger partial charge in [0.2, 0.25) is 0 Å². The number of pyridine rings is 1. The third-order valence-corrected chi connectivity index (χ3v) is 7.95. The van der Waals surface area contributed by atoms with Crippen molar-refractivity contribution in [3.63, 3.8) is 0 Å². The highest BCUT2D eigenvalue weighted by Crippen LogP contribution is 2.44. The number of carbonyl (C=O) groups excluding carboxylic acids is 1. The van der Waals surface area contributed by atoms with Gasteiger partial charge in [-0.1, -0.05) is 11.6 Å². The summed E-state index contributed by atoms with van der Waals surface area (Å²) < 4.78 is 64.3. The lowest BCUT2D eigenvalue weighted by Gasteiger charge is -2.24. The molecule has 1 saturated carbocycles. The Morgan fingerprint density at radius 3 is 2.60 bits per heavy atom. The van der Waals surface area contributed by atoms with Crippen LogP contribution in [-0.4, -0.2) is 46.1 Å². The smallest absolute Gasteiger partial charge is 0.251 e. The maximum atomic E-state index is 15.7. The van der Waals surface area contributed by atoms with E-state index in [9.17, 15) is 18.7 Å². The molecule has 0 radical (unpaired) electrons. The van der Waals surface area contributed by atoms with Crippen molar-refractivity contribution in [2.75, 3.05) is 20.3 Å². The van der Waals surface area contributed by atoms with Gasteiger partial charge in [-0.2, -0.15) is 5.10 Å². The summed E-state index contributed by atoms with van der Waals surface area (Å²) in [4.78, 5) is 17.8. The van der Waals surface area contributed by atoms with Crippen LogP contribution in [0.4, 0.5) is 17.6 Å². The molecule has 2 N–H and O–H groups in total. The molecule has 0 spiro atoms. The van der Waals surface area contributed by atoms with Crippen LogP contribution in [0.2, 0.25) is 5.02 Å². The van der Waals surface area contributed by atoms with Crippen molar-refractivity contribution in [2.45, 2.75) is 51.2 Å². The zero-order valence-electron chi connectivity index (χ0n) is 23.9. The number of aryl methyl sites for hydroxylation is 1. The van der Waals surface area contributed by atoms with Crippen LogP contribution in [0.3, 0.4) is 0 Å². The molecule has 1 amide bonds. The highest BCUT2D eigenvalue weighted by atomic mass is 35.5. The zero-order chi connectivity index (χ0) is 31.1. The molecule has 5 rings (SSSR count). The number of alkyl halides is 1. The van der Waals surface area contributed by atoms with Gasteiger partial charge >= 0.3 is 0 Å². The number of ether oxygens (including phenoxy) is 1. The van der Waals surface area contributed by atoms with Gasteiger partial charge in [0.25, 0.3) is 5.91 Å². The molecule has 228 valence electrons. The van der Waals surface area contributed by atoms with Gasteiger partial charge in [0.05, 0.1) is 19.4 Å². The van der Waals surface area contributed by atoms with Gasteiger partial charge in [0.1, 0.15) is 27.8 Å². The summed E-state index contributed by atoms with van der Waals surface area (Å²) in [6.45, 7) is 2.81. The van der Waals surface area contributed by atoms with Crippen molar-refractivity contribution in [1.82, 2.24) is 20.1 Å². The SMILES string of the molecule is COc1cc(C(=O)NCC(c2cc(C(C)(C)O)c(F)c(-c3ccc(F)c(Cl)c3F)n2)C2CC2)cc2cn(CCCF)nc12. The van der Waals surface area contributed by atoms with Crippen LogP contribution < -0.4 is 10.1 Å². The number of halogens is 5. The van der Waals surface area contributed by atoms with E-state index < -0.39 is 52.3 Å².